The number of hydrogen-bond donors (Lipinski definition) is 1. The zero-order chi connectivity index (χ0) is 22.0. The van der Waals surface area contributed by atoms with E-state index in [1.165, 1.54) is 0 Å². The Kier molecular flexibility index (Phi) is 5.29. The minimum atomic E-state index is -0.833. The standard InChI is InChI=1S/C28H24O4/c1-30-23-13-11-22(12-14-23)28(21-8-3-2-4-9-21)16-15-25-24-10-6-5-7-20(24)19-26(27(25)32-28)31-18-17-29/h2-16,19,29H,17-18H2,1H3. The molecule has 160 valence electrons. The van der Waals surface area contributed by atoms with Gasteiger partial charge in [-0.3, -0.25) is 0 Å². The number of benzene rings is 4. The normalized spacial score (nSPS) is 16.9. The number of hydrogen-bond acceptors (Lipinski definition) is 4. The van der Waals surface area contributed by atoms with Crippen molar-refractivity contribution in [3.63, 3.8) is 0 Å². The van der Waals surface area contributed by atoms with Crippen LogP contribution in [0.4, 0.5) is 0 Å². The first-order chi connectivity index (χ1) is 15.7. The van der Waals surface area contributed by atoms with Crippen LogP contribution in [-0.4, -0.2) is 25.4 Å². The molecule has 4 aromatic rings. The molecule has 0 aromatic heterocycles. The van der Waals surface area contributed by atoms with Crippen LogP contribution in [0.3, 0.4) is 0 Å². The van der Waals surface area contributed by atoms with Crippen LogP contribution in [0, 0.1) is 0 Å². The molecule has 4 heteroatoms. The number of rotatable bonds is 6. The Bertz CT molecular complexity index is 1260. The van der Waals surface area contributed by atoms with Gasteiger partial charge in [0.25, 0.3) is 0 Å². The second-order valence-electron chi connectivity index (χ2n) is 7.68. The lowest BCUT2D eigenvalue weighted by Gasteiger charge is -2.37. The lowest BCUT2D eigenvalue weighted by atomic mass is 9.83. The second kappa shape index (κ2) is 8.40. The van der Waals surface area contributed by atoms with Crippen molar-refractivity contribution in [1.29, 1.82) is 0 Å². The summed E-state index contributed by atoms with van der Waals surface area (Å²) in [6.45, 7) is 0.123. The number of fused-ring (bicyclic) bond motifs is 3. The fourth-order valence-electron chi connectivity index (χ4n) is 4.26. The first kappa shape index (κ1) is 20.2. The van der Waals surface area contributed by atoms with E-state index in [1.807, 2.05) is 60.7 Å². The van der Waals surface area contributed by atoms with Crippen LogP contribution in [-0.2, 0) is 5.60 Å². The van der Waals surface area contributed by atoms with Crippen LogP contribution in [0.5, 0.6) is 17.2 Å². The summed E-state index contributed by atoms with van der Waals surface area (Å²) in [5.41, 5.74) is 2.12. The lowest BCUT2D eigenvalue weighted by molar-refractivity contribution is 0.144. The van der Waals surface area contributed by atoms with E-state index >= 15 is 0 Å². The average Bonchev–Trinajstić information content (AvgIpc) is 2.87. The third kappa shape index (κ3) is 3.39. The van der Waals surface area contributed by atoms with Crippen molar-refractivity contribution >= 4 is 16.8 Å². The summed E-state index contributed by atoms with van der Waals surface area (Å²) in [7, 11) is 1.66. The molecule has 1 atom stereocenters. The zero-order valence-corrected chi connectivity index (χ0v) is 17.8. The molecular formula is C28H24O4. The van der Waals surface area contributed by atoms with Crippen molar-refractivity contribution in [3.8, 4) is 17.2 Å². The van der Waals surface area contributed by atoms with Crippen molar-refractivity contribution in [2.45, 2.75) is 5.60 Å². The predicted molar refractivity (Wildman–Crippen MR) is 126 cm³/mol. The van der Waals surface area contributed by atoms with Crippen molar-refractivity contribution in [3.05, 3.63) is 108 Å². The van der Waals surface area contributed by atoms with E-state index < -0.39 is 5.60 Å². The van der Waals surface area contributed by atoms with Gasteiger partial charge in [0.2, 0.25) is 0 Å². The summed E-state index contributed by atoms with van der Waals surface area (Å²) < 4.78 is 18.2. The maximum atomic E-state index is 9.36. The van der Waals surface area contributed by atoms with E-state index in [0.29, 0.717) is 11.5 Å². The molecule has 0 bridgehead atoms. The molecule has 0 saturated heterocycles. The van der Waals surface area contributed by atoms with Gasteiger partial charge in [-0.1, -0.05) is 66.7 Å². The molecule has 0 amide bonds. The lowest BCUT2D eigenvalue weighted by Crippen LogP contribution is -2.34. The van der Waals surface area contributed by atoms with E-state index in [-0.39, 0.29) is 13.2 Å². The van der Waals surface area contributed by atoms with Crippen LogP contribution in [0.1, 0.15) is 16.7 Å². The molecule has 1 aliphatic rings. The van der Waals surface area contributed by atoms with Crippen LogP contribution in [0.25, 0.3) is 16.8 Å². The minimum absolute atomic E-state index is 0.0697. The van der Waals surface area contributed by atoms with Gasteiger partial charge in [0, 0.05) is 16.7 Å². The molecule has 4 nitrogen and oxygen atoms in total. The summed E-state index contributed by atoms with van der Waals surface area (Å²) in [4.78, 5) is 0. The maximum absolute atomic E-state index is 9.36. The number of aliphatic hydroxyl groups excluding tert-OH is 1. The molecule has 32 heavy (non-hydrogen) atoms. The molecule has 1 heterocycles. The highest BCUT2D eigenvalue weighted by Crippen LogP contribution is 2.48. The van der Waals surface area contributed by atoms with E-state index in [2.05, 4.69) is 36.4 Å². The Morgan fingerprint density at radius 3 is 2.34 bits per heavy atom. The van der Waals surface area contributed by atoms with Gasteiger partial charge in [0.1, 0.15) is 12.4 Å². The molecule has 1 unspecified atom stereocenters. The predicted octanol–water partition coefficient (Wildman–Crippen LogP) is 5.57. The van der Waals surface area contributed by atoms with Crippen LogP contribution < -0.4 is 14.2 Å². The third-order valence-corrected chi connectivity index (χ3v) is 5.82. The molecule has 0 radical (unpaired) electrons. The molecule has 1 aliphatic heterocycles. The van der Waals surface area contributed by atoms with E-state index in [0.717, 1.165) is 33.2 Å². The smallest absolute Gasteiger partial charge is 0.178 e. The van der Waals surface area contributed by atoms with Gasteiger partial charge >= 0.3 is 0 Å². The largest absolute Gasteiger partial charge is 0.497 e. The SMILES string of the molecule is COc1ccc(C2(c3ccccc3)C=Cc3c(c(OCCO)cc4ccccc34)O2)cc1. The first-order valence-corrected chi connectivity index (χ1v) is 10.6. The molecular weight excluding hydrogens is 400 g/mol. The molecule has 0 aliphatic carbocycles. The van der Waals surface area contributed by atoms with Crippen molar-refractivity contribution in [1.82, 2.24) is 0 Å². The maximum Gasteiger partial charge on any atom is 0.178 e. The molecule has 4 aromatic carbocycles. The Labute approximate surface area is 187 Å². The van der Waals surface area contributed by atoms with Gasteiger partial charge in [-0.15, -0.1) is 0 Å². The number of methoxy groups -OCH3 is 1. The Balaban J connectivity index is 1.73. The highest BCUT2D eigenvalue weighted by Gasteiger charge is 2.38. The van der Waals surface area contributed by atoms with Gasteiger partial charge < -0.3 is 19.3 Å². The molecule has 0 fully saturated rings. The molecule has 1 N–H and O–H groups in total. The topological polar surface area (TPSA) is 47.9 Å². The van der Waals surface area contributed by atoms with E-state index in [4.69, 9.17) is 14.2 Å². The first-order valence-electron chi connectivity index (χ1n) is 10.6. The average molecular weight is 424 g/mol. The summed E-state index contributed by atoms with van der Waals surface area (Å²) in [6, 6.07) is 28.2. The van der Waals surface area contributed by atoms with Crippen LogP contribution >= 0.6 is 0 Å². The van der Waals surface area contributed by atoms with Gasteiger partial charge in [-0.05, 0) is 41.1 Å². The highest BCUT2D eigenvalue weighted by atomic mass is 16.5. The molecule has 0 spiro atoms. The Morgan fingerprint density at radius 2 is 1.59 bits per heavy atom. The van der Waals surface area contributed by atoms with Crippen molar-refractivity contribution < 1.29 is 19.3 Å². The third-order valence-electron chi connectivity index (χ3n) is 5.82. The highest BCUT2D eigenvalue weighted by molar-refractivity contribution is 5.96. The van der Waals surface area contributed by atoms with Crippen molar-refractivity contribution in [2.24, 2.45) is 0 Å². The fraction of sp³-hybridized carbons (Fsp3) is 0.143. The molecule has 0 saturated carbocycles. The van der Waals surface area contributed by atoms with Gasteiger partial charge in [0.15, 0.2) is 17.1 Å². The second-order valence-corrected chi connectivity index (χ2v) is 7.68. The van der Waals surface area contributed by atoms with Crippen molar-refractivity contribution in [2.75, 3.05) is 20.3 Å². The summed E-state index contributed by atoms with van der Waals surface area (Å²) in [6.07, 6.45) is 4.22. The van der Waals surface area contributed by atoms with Gasteiger partial charge in [-0.2, -0.15) is 0 Å². The van der Waals surface area contributed by atoms with E-state index in [1.54, 1.807) is 7.11 Å². The number of aliphatic hydroxyl groups is 1. The van der Waals surface area contributed by atoms with Gasteiger partial charge in [-0.25, -0.2) is 0 Å². The number of ether oxygens (including phenoxy) is 3. The van der Waals surface area contributed by atoms with Gasteiger partial charge in [0.05, 0.1) is 13.7 Å². The Morgan fingerprint density at radius 1 is 0.875 bits per heavy atom. The van der Waals surface area contributed by atoms with E-state index in [9.17, 15) is 5.11 Å². The minimum Gasteiger partial charge on any atom is -0.497 e. The zero-order valence-electron chi connectivity index (χ0n) is 17.8. The molecule has 5 rings (SSSR count). The quantitative estimate of drug-likeness (QED) is 0.440. The van der Waals surface area contributed by atoms with Crippen LogP contribution in [0.2, 0.25) is 0 Å². The summed E-state index contributed by atoms with van der Waals surface area (Å²) in [5.74, 6) is 2.07. The fourth-order valence-corrected chi connectivity index (χ4v) is 4.26. The van der Waals surface area contributed by atoms with Crippen LogP contribution in [0.15, 0.2) is 91.0 Å². The Hall–Kier alpha value is -3.76. The summed E-state index contributed by atoms with van der Waals surface area (Å²) >= 11 is 0. The summed E-state index contributed by atoms with van der Waals surface area (Å²) in [5, 5.41) is 11.5. The monoisotopic (exact) mass is 424 g/mol.